The molecule has 1 amide bonds. The standard InChI is InChI=1S/C35H71N2O6P/c1-3-5-7-9-11-12-13-14-15-16-17-18-19-20-21-23-25-27-29-35(39)37-33(32-43-44(40,41)42-31-30-36)34(38)28-26-24-22-10-8-6-4-2/h26,28,33-34,38H,3-25,27,29-32,36H2,1-2H3,(H,37,39)(H,40,41)/b28-26+. The predicted octanol–water partition coefficient (Wildman–Crippen LogP) is 9.27. The lowest BCUT2D eigenvalue weighted by molar-refractivity contribution is -0.123. The maximum atomic E-state index is 12.6. The molecule has 0 spiro atoms. The van der Waals surface area contributed by atoms with Gasteiger partial charge in [-0.2, -0.15) is 0 Å². The predicted molar refractivity (Wildman–Crippen MR) is 185 cm³/mol. The number of phosphoric ester groups is 1. The van der Waals surface area contributed by atoms with Gasteiger partial charge in [0.15, 0.2) is 0 Å². The van der Waals surface area contributed by atoms with Crippen molar-refractivity contribution in [2.45, 2.75) is 187 Å². The maximum Gasteiger partial charge on any atom is 0.472 e. The lowest BCUT2D eigenvalue weighted by atomic mass is 10.0. The summed E-state index contributed by atoms with van der Waals surface area (Å²) in [4.78, 5) is 22.5. The summed E-state index contributed by atoms with van der Waals surface area (Å²) in [6.07, 6.45) is 32.8. The molecule has 3 unspecified atom stereocenters. The number of nitrogens with one attached hydrogen (secondary N) is 1. The summed E-state index contributed by atoms with van der Waals surface area (Å²) in [5.74, 6) is -0.197. The molecule has 0 fully saturated rings. The van der Waals surface area contributed by atoms with Crippen LogP contribution in [0.5, 0.6) is 0 Å². The number of hydrogen-bond donors (Lipinski definition) is 4. The Bertz CT molecular complexity index is 709. The van der Waals surface area contributed by atoms with Crippen molar-refractivity contribution in [3.63, 3.8) is 0 Å². The lowest BCUT2D eigenvalue weighted by Gasteiger charge is -2.23. The smallest absolute Gasteiger partial charge is 0.387 e. The summed E-state index contributed by atoms with van der Waals surface area (Å²) in [6.45, 7) is 4.07. The molecular weight excluding hydrogens is 575 g/mol. The third kappa shape index (κ3) is 29.9. The fourth-order valence-corrected chi connectivity index (χ4v) is 6.07. The monoisotopic (exact) mass is 647 g/mol. The van der Waals surface area contributed by atoms with Crippen LogP contribution in [0.25, 0.3) is 0 Å². The van der Waals surface area contributed by atoms with Crippen molar-refractivity contribution in [2.24, 2.45) is 5.73 Å². The van der Waals surface area contributed by atoms with Gasteiger partial charge in [0.25, 0.3) is 0 Å². The highest BCUT2D eigenvalue weighted by molar-refractivity contribution is 7.47. The highest BCUT2D eigenvalue weighted by Crippen LogP contribution is 2.43. The molecule has 8 nitrogen and oxygen atoms in total. The largest absolute Gasteiger partial charge is 0.472 e. The molecule has 0 saturated heterocycles. The van der Waals surface area contributed by atoms with Crippen LogP contribution in [0, 0.1) is 0 Å². The van der Waals surface area contributed by atoms with Crippen molar-refractivity contribution in [1.82, 2.24) is 5.32 Å². The molecule has 0 aliphatic rings. The molecule has 0 rings (SSSR count). The zero-order chi connectivity index (χ0) is 32.6. The average Bonchev–Trinajstić information content (AvgIpc) is 3.01. The van der Waals surface area contributed by atoms with Crippen LogP contribution < -0.4 is 11.1 Å². The van der Waals surface area contributed by atoms with Gasteiger partial charge in [-0.25, -0.2) is 4.57 Å². The Balaban J connectivity index is 4.11. The number of amides is 1. The van der Waals surface area contributed by atoms with E-state index in [9.17, 15) is 19.4 Å². The summed E-state index contributed by atoms with van der Waals surface area (Å²) in [5, 5.41) is 13.5. The number of phosphoric acid groups is 1. The first kappa shape index (κ1) is 43.2. The first-order chi connectivity index (χ1) is 21.4. The van der Waals surface area contributed by atoms with Crippen molar-refractivity contribution < 1.29 is 28.4 Å². The number of unbranched alkanes of at least 4 members (excludes halogenated alkanes) is 22. The molecule has 0 heterocycles. The van der Waals surface area contributed by atoms with Gasteiger partial charge in [-0.05, 0) is 19.3 Å². The van der Waals surface area contributed by atoms with E-state index in [0.717, 1.165) is 38.5 Å². The molecule has 0 aliphatic heterocycles. The minimum absolute atomic E-state index is 0.0805. The number of aliphatic hydroxyl groups excluding tert-OH is 1. The van der Waals surface area contributed by atoms with Crippen LogP contribution in [0.1, 0.15) is 174 Å². The first-order valence-corrected chi connectivity index (χ1v) is 19.8. The molecule has 0 aromatic carbocycles. The van der Waals surface area contributed by atoms with Gasteiger partial charge >= 0.3 is 7.82 Å². The van der Waals surface area contributed by atoms with Gasteiger partial charge in [-0.3, -0.25) is 13.8 Å². The summed E-state index contributed by atoms with van der Waals surface area (Å²) < 4.78 is 21.9. The third-order valence-corrected chi connectivity index (χ3v) is 9.10. The van der Waals surface area contributed by atoms with Gasteiger partial charge in [0.1, 0.15) is 0 Å². The zero-order valence-corrected chi connectivity index (χ0v) is 29.6. The molecule has 0 aromatic rings. The van der Waals surface area contributed by atoms with Crippen LogP contribution in [0.4, 0.5) is 0 Å². The Morgan fingerprint density at radius 2 is 1.16 bits per heavy atom. The van der Waals surface area contributed by atoms with E-state index >= 15 is 0 Å². The minimum atomic E-state index is -4.32. The third-order valence-electron chi connectivity index (χ3n) is 8.11. The van der Waals surface area contributed by atoms with Crippen LogP contribution in [-0.4, -0.2) is 47.8 Å². The summed E-state index contributed by atoms with van der Waals surface area (Å²) in [6, 6.07) is -0.851. The second-order valence-electron chi connectivity index (χ2n) is 12.4. The van der Waals surface area contributed by atoms with Gasteiger partial charge in [0, 0.05) is 13.0 Å². The van der Waals surface area contributed by atoms with E-state index < -0.39 is 20.0 Å². The van der Waals surface area contributed by atoms with Gasteiger partial charge in [-0.1, -0.05) is 161 Å². The number of nitrogens with two attached hydrogens (primary N) is 1. The Morgan fingerprint density at radius 1 is 0.727 bits per heavy atom. The van der Waals surface area contributed by atoms with E-state index in [4.69, 9.17) is 14.8 Å². The molecule has 5 N–H and O–H groups in total. The number of allylic oxidation sites excluding steroid dienone is 1. The second kappa shape index (κ2) is 32.2. The molecule has 0 aromatic heterocycles. The minimum Gasteiger partial charge on any atom is -0.387 e. The maximum absolute atomic E-state index is 12.6. The molecule has 262 valence electrons. The van der Waals surface area contributed by atoms with E-state index in [-0.39, 0.29) is 25.7 Å². The van der Waals surface area contributed by atoms with Gasteiger partial charge < -0.3 is 21.1 Å². The molecule has 0 saturated carbocycles. The van der Waals surface area contributed by atoms with Crippen LogP contribution >= 0.6 is 7.82 Å². The van der Waals surface area contributed by atoms with E-state index in [2.05, 4.69) is 19.2 Å². The Kier molecular flexibility index (Phi) is 31.6. The van der Waals surface area contributed by atoms with Crippen molar-refractivity contribution in [3.05, 3.63) is 12.2 Å². The van der Waals surface area contributed by atoms with Crippen LogP contribution in [-0.2, 0) is 18.4 Å². The molecule has 3 atom stereocenters. The Hall–Kier alpha value is -0.760. The summed E-state index contributed by atoms with van der Waals surface area (Å²) >= 11 is 0. The first-order valence-electron chi connectivity index (χ1n) is 18.3. The molecular formula is C35H71N2O6P. The Morgan fingerprint density at radius 3 is 1.61 bits per heavy atom. The second-order valence-corrected chi connectivity index (χ2v) is 13.9. The molecule has 0 bridgehead atoms. The van der Waals surface area contributed by atoms with Gasteiger partial charge in [0.05, 0.1) is 25.4 Å². The van der Waals surface area contributed by atoms with Crippen molar-refractivity contribution in [1.29, 1.82) is 0 Å². The SMILES string of the molecule is CCCCCCC/C=C/C(O)C(COP(=O)(O)OCCN)NC(=O)CCCCCCCCCCCCCCCCCCCC. The molecule has 0 radical (unpaired) electrons. The molecule has 9 heteroatoms. The average molecular weight is 647 g/mol. The van der Waals surface area contributed by atoms with Gasteiger partial charge in [-0.15, -0.1) is 0 Å². The summed E-state index contributed by atoms with van der Waals surface area (Å²) in [7, 11) is -4.32. The highest BCUT2D eigenvalue weighted by atomic mass is 31.2. The van der Waals surface area contributed by atoms with Crippen LogP contribution in [0.3, 0.4) is 0 Å². The van der Waals surface area contributed by atoms with Crippen molar-refractivity contribution >= 4 is 13.7 Å². The quantitative estimate of drug-likeness (QED) is 0.0311. The van der Waals surface area contributed by atoms with Gasteiger partial charge in [0.2, 0.25) is 5.91 Å². The Labute approximate surface area is 271 Å². The van der Waals surface area contributed by atoms with Crippen molar-refractivity contribution in [3.8, 4) is 0 Å². The fraction of sp³-hybridized carbons (Fsp3) is 0.914. The topological polar surface area (TPSA) is 131 Å². The number of aliphatic hydroxyl groups is 1. The number of carbonyl (C=O) groups is 1. The molecule has 0 aliphatic carbocycles. The summed E-state index contributed by atoms with van der Waals surface area (Å²) in [5.41, 5.74) is 5.33. The van der Waals surface area contributed by atoms with Crippen LogP contribution in [0.2, 0.25) is 0 Å². The van der Waals surface area contributed by atoms with E-state index in [1.807, 2.05) is 6.08 Å². The highest BCUT2D eigenvalue weighted by Gasteiger charge is 2.26. The number of carbonyl (C=O) groups excluding carboxylic acids is 1. The fourth-order valence-electron chi connectivity index (χ4n) is 5.31. The normalized spacial score (nSPS) is 14.6. The molecule has 44 heavy (non-hydrogen) atoms. The lowest BCUT2D eigenvalue weighted by Crippen LogP contribution is -2.45. The van der Waals surface area contributed by atoms with E-state index in [1.165, 1.54) is 116 Å². The number of hydrogen-bond acceptors (Lipinski definition) is 6. The number of rotatable bonds is 34. The van der Waals surface area contributed by atoms with Crippen molar-refractivity contribution in [2.75, 3.05) is 19.8 Å². The van der Waals surface area contributed by atoms with E-state index in [1.54, 1.807) is 6.08 Å². The van der Waals surface area contributed by atoms with E-state index in [0.29, 0.717) is 6.42 Å². The van der Waals surface area contributed by atoms with Crippen LogP contribution in [0.15, 0.2) is 12.2 Å². The zero-order valence-electron chi connectivity index (χ0n) is 28.7.